The zero-order chi connectivity index (χ0) is 11.5. The molecule has 0 saturated carbocycles. The summed E-state index contributed by atoms with van der Waals surface area (Å²) in [6.07, 6.45) is 0. The minimum atomic E-state index is -3.48. The SMILES string of the molecule is Cc1ccc(OCCS(=O)(=O)Cl)cc1Br. The van der Waals surface area contributed by atoms with Crippen molar-refractivity contribution >= 4 is 35.7 Å². The van der Waals surface area contributed by atoms with Crippen LogP contribution in [0.1, 0.15) is 5.56 Å². The Kier molecular flexibility index (Phi) is 4.43. The van der Waals surface area contributed by atoms with Crippen LogP contribution in [0.5, 0.6) is 5.75 Å². The van der Waals surface area contributed by atoms with Gasteiger partial charge in [0.1, 0.15) is 12.4 Å². The summed E-state index contributed by atoms with van der Waals surface area (Å²) in [4.78, 5) is 0. The standard InChI is InChI=1S/C9H10BrClO3S/c1-7-2-3-8(6-9(7)10)14-4-5-15(11,12)13/h2-3,6H,4-5H2,1H3. The molecule has 0 saturated heterocycles. The highest BCUT2D eigenvalue weighted by atomic mass is 79.9. The molecule has 84 valence electrons. The van der Waals surface area contributed by atoms with Gasteiger partial charge >= 0.3 is 0 Å². The van der Waals surface area contributed by atoms with Crippen LogP contribution in [0.2, 0.25) is 0 Å². The van der Waals surface area contributed by atoms with Crippen LogP contribution in [0.4, 0.5) is 0 Å². The molecule has 0 aliphatic heterocycles. The van der Waals surface area contributed by atoms with E-state index in [1.54, 1.807) is 12.1 Å². The first-order chi connectivity index (χ1) is 6.88. The van der Waals surface area contributed by atoms with Gasteiger partial charge in [-0.25, -0.2) is 8.42 Å². The Balaban J connectivity index is 2.55. The Bertz CT molecular complexity index is 445. The summed E-state index contributed by atoms with van der Waals surface area (Å²) in [7, 11) is 1.56. The van der Waals surface area contributed by atoms with Gasteiger partial charge in [-0.3, -0.25) is 0 Å². The molecule has 0 aromatic heterocycles. The molecule has 0 amide bonds. The molecule has 1 aromatic rings. The second-order valence-electron chi connectivity index (χ2n) is 3.00. The average Bonchev–Trinajstić information content (AvgIpc) is 2.09. The first kappa shape index (κ1) is 12.8. The number of benzene rings is 1. The quantitative estimate of drug-likeness (QED) is 0.803. The molecule has 0 aliphatic rings. The number of ether oxygens (including phenoxy) is 1. The van der Waals surface area contributed by atoms with Crippen molar-refractivity contribution in [1.29, 1.82) is 0 Å². The normalized spacial score (nSPS) is 11.4. The van der Waals surface area contributed by atoms with E-state index in [0.29, 0.717) is 5.75 Å². The van der Waals surface area contributed by atoms with Gasteiger partial charge < -0.3 is 4.74 Å². The third kappa shape index (κ3) is 4.86. The van der Waals surface area contributed by atoms with Gasteiger partial charge in [-0.15, -0.1) is 0 Å². The molecule has 0 radical (unpaired) electrons. The zero-order valence-corrected chi connectivity index (χ0v) is 11.2. The number of hydrogen-bond donors (Lipinski definition) is 0. The predicted molar refractivity (Wildman–Crippen MR) is 64.0 cm³/mol. The van der Waals surface area contributed by atoms with Gasteiger partial charge in [0.25, 0.3) is 0 Å². The van der Waals surface area contributed by atoms with Crippen LogP contribution in [0.25, 0.3) is 0 Å². The Labute approximate surface area is 102 Å². The van der Waals surface area contributed by atoms with E-state index in [4.69, 9.17) is 15.4 Å². The maximum atomic E-state index is 10.6. The fraction of sp³-hybridized carbons (Fsp3) is 0.333. The molecule has 1 aromatic carbocycles. The number of rotatable bonds is 4. The van der Waals surface area contributed by atoms with Crippen molar-refractivity contribution in [2.45, 2.75) is 6.92 Å². The van der Waals surface area contributed by atoms with Crippen LogP contribution in [-0.2, 0) is 9.05 Å². The summed E-state index contributed by atoms with van der Waals surface area (Å²) in [5.41, 5.74) is 1.09. The number of aryl methyl sites for hydroxylation is 1. The van der Waals surface area contributed by atoms with Crippen LogP contribution in [0.3, 0.4) is 0 Å². The van der Waals surface area contributed by atoms with Gasteiger partial charge in [-0.1, -0.05) is 22.0 Å². The first-order valence-electron chi connectivity index (χ1n) is 4.20. The highest BCUT2D eigenvalue weighted by molar-refractivity contribution is 9.10. The summed E-state index contributed by atoms with van der Waals surface area (Å²) in [5, 5.41) is 0. The molecule has 0 N–H and O–H groups in total. The molecule has 3 nitrogen and oxygen atoms in total. The Morgan fingerprint density at radius 3 is 2.67 bits per heavy atom. The van der Waals surface area contributed by atoms with E-state index in [0.717, 1.165) is 10.0 Å². The highest BCUT2D eigenvalue weighted by Gasteiger charge is 2.05. The maximum Gasteiger partial charge on any atom is 0.235 e. The highest BCUT2D eigenvalue weighted by Crippen LogP contribution is 2.22. The van der Waals surface area contributed by atoms with Crippen molar-refractivity contribution < 1.29 is 13.2 Å². The summed E-state index contributed by atoms with van der Waals surface area (Å²) < 4.78 is 27.4. The van der Waals surface area contributed by atoms with E-state index in [2.05, 4.69) is 15.9 Å². The fourth-order valence-electron chi connectivity index (χ4n) is 0.922. The summed E-state index contributed by atoms with van der Waals surface area (Å²) in [6, 6.07) is 5.45. The lowest BCUT2D eigenvalue weighted by Crippen LogP contribution is -2.08. The molecule has 1 rings (SSSR count). The van der Waals surface area contributed by atoms with E-state index in [-0.39, 0.29) is 12.4 Å². The smallest absolute Gasteiger partial charge is 0.235 e. The monoisotopic (exact) mass is 312 g/mol. The maximum absolute atomic E-state index is 10.6. The lowest BCUT2D eigenvalue weighted by Gasteiger charge is -2.06. The van der Waals surface area contributed by atoms with E-state index < -0.39 is 9.05 Å². The summed E-state index contributed by atoms with van der Waals surface area (Å²) in [6.45, 7) is 2.01. The molecule has 0 spiro atoms. The molecule has 0 unspecified atom stereocenters. The van der Waals surface area contributed by atoms with Crippen molar-refractivity contribution in [3.63, 3.8) is 0 Å². The first-order valence-corrected chi connectivity index (χ1v) is 7.47. The Morgan fingerprint density at radius 2 is 2.13 bits per heavy atom. The molecular weight excluding hydrogens is 304 g/mol. The van der Waals surface area contributed by atoms with Crippen LogP contribution in [0.15, 0.2) is 22.7 Å². The minimum absolute atomic E-state index is 0.0569. The number of halogens is 2. The molecule has 0 atom stereocenters. The van der Waals surface area contributed by atoms with Crippen LogP contribution in [0, 0.1) is 6.92 Å². The van der Waals surface area contributed by atoms with Gasteiger partial charge in [-0.2, -0.15) is 0 Å². The minimum Gasteiger partial charge on any atom is -0.492 e. The third-order valence-corrected chi connectivity index (χ3v) is 3.71. The van der Waals surface area contributed by atoms with Crippen molar-refractivity contribution in [2.75, 3.05) is 12.4 Å². The van der Waals surface area contributed by atoms with Crippen molar-refractivity contribution in [2.24, 2.45) is 0 Å². The largest absolute Gasteiger partial charge is 0.492 e. The third-order valence-electron chi connectivity index (χ3n) is 1.74. The van der Waals surface area contributed by atoms with Gasteiger partial charge in [0.2, 0.25) is 9.05 Å². The predicted octanol–water partition coefficient (Wildman–Crippen LogP) is 2.70. The van der Waals surface area contributed by atoms with Crippen LogP contribution < -0.4 is 4.74 Å². The lowest BCUT2D eigenvalue weighted by atomic mass is 10.2. The Hall–Kier alpha value is -0.260. The topological polar surface area (TPSA) is 43.4 Å². The van der Waals surface area contributed by atoms with Crippen LogP contribution >= 0.6 is 26.6 Å². The van der Waals surface area contributed by atoms with Crippen molar-refractivity contribution in [3.05, 3.63) is 28.2 Å². The number of hydrogen-bond acceptors (Lipinski definition) is 3. The van der Waals surface area contributed by atoms with Crippen molar-refractivity contribution in [3.8, 4) is 5.75 Å². The molecule has 0 heterocycles. The van der Waals surface area contributed by atoms with Gasteiger partial charge in [0.15, 0.2) is 0 Å². The molecular formula is C9H10BrClO3S. The van der Waals surface area contributed by atoms with E-state index in [1.807, 2.05) is 13.0 Å². The average molecular weight is 314 g/mol. The fourth-order valence-corrected chi connectivity index (χ4v) is 1.75. The van der Waals surface area contributed by atoms with Gasteiger partial charge in [0.05, 0.1) is 5.75 Å². The molecule has 0 fully saturated rings. The van der Waals surface area contributed by atoms with E-state index in [1.165, 1.54) is 0 Å². The molecule has 15 heavy (non-hydrogen) atoms. The Morgan fingerprint density at radius 1 is 1.47 bits per heavy atom. The molecule has 0 bridgehead atoms. The second kappa shape index (κ2) is 5.18. The van der Waals surface area contributed by atoms with Gasteiger partial charge in [-0.05, 0) is 24.6 Å². The zero-order valence-electron chi connectivity index (χ0n) is 8.04. The van der Waals surface area contributed by atoms with Gasteiger partial charge in [0, 0.05) is 15.2 Å². The summed E-state index contributed by atoms with van der Waals surface area (Å²) in [5.74, 6) is 0.424. The molecule has 6 heteroatoms. The summed E-state index contributed by atoms with van der Waals surface area (Å²) >= 11 is 3.35. The molecule has 0 aliphatic carbocycles. The second-order valence-corrected chi connectivity index (χ2v) is 6.75. The lowest BCUT2D eigenvalue weighted by molar-refractivity contribution is 0.341. The van der Waals surface area contributed by atoms with E-state index in [9.17, 15) is 8.42 Å². The van der Waals surface area contributed by atoms with Crippen molar-refractivity contribution in [1.82, 2.24) is 0 Å². The van der Waals surface area contributed by atoms with E-state index >= 15 is 0 Å². The van der Waals surface area contributed by atoms with Crippen LogP contribution in [-0.4, -0.2) is 20.8 Å².